The summed E-state index contributed by atoms with van der Waals surface area (Å²) in [6, 6.07) is 6.66. The summed E-state index contributed by atoms with van der Waals surface area (Å²) in [4.78, 5) is 9.54. The molecule has 24 heavy (non-hydrogen) atoms. The summed E-state index contributed by atoms with van der Waals surface area (Å²) in [5.41, 5.74) is -1.52. The summed E-state index contributed by atoms with van der Waals surface area (Å²) < 4.78 is 67.5. The Kier molecular flexibility index (Phi) is 4.52. The van der Waals surface area contributed by atoms with Gasteiger partial charge >= 0.3 is 16.3 Å². The summed E-state index contributed by atoms with van der Waals surface area (Å²) in [6.07, 6.45) is -4.79. The molecule has 0 atom stereocenters. The molecule has 0 aromatic heterocycles. The van der Waals surface area contributed by atoms with E-state index in [0.29, 0.717) is 6.07 Å². The van der Waals surface area contributed by atoms with Gasteiger partial charge in [-0.25, -0.2) is 0 Å². The Morgan fingerprint density at radius 1 is 1.12 bits per heavy atom. The van der Waals surface area contributed by atoms with E-state index in [9.17, 15) is 31.7 Å². The van der Waals surface area contributed by atoms with E-state index >= 15 is 0 Å². The van der Waals surface area contributed by atoms with Crippen LogP contribution in [-0.4, -0.2) is 13.3 Å². The van der Waals surface area contributed by atoms with Crippen LogP contribution in [-0.2, 0) is 16.3 Å². The highest BCUT2D eigenvalue weighted by Crippen LogP contribution is 2.37. The van der Waals surface area contributed by atoms with E-state index in [0.717, 1.165) is 30.3 Å². The highest BCUT2D eigenvalue weighted by atomic mass is 32.2. The maximum Gasteiger partial charge on any atom is 0.420 e. The molecule has 0 radical (unpaired) electrons. The van der Waals surface area contributed by atoms with Crippen LogP contribution < -0.4 is 4.18 Å². The molecule has 0 saturated heterocycles. The second-order valence-electron chi connectivity index (χ2n) is 4.74. The number of nitro benzene ring substituents is 1. The number of nitro groups is 1. The van der Waals surface area contributed by atoms with Crippen LogP contribution in [0.5, 0.6) is 5.75 Å². The van der Waals surface area contributed by atoms with E-state index in [4.69, 9.17) is 0 Å². The Morgan fingerprint density at radius 2 is 1.75 bits per heavy atom. The minimum absolute atomic E-state index is 0.0359. The molecule has 10 heteroatoms. The molecule has 0 amide bonds. The van der Waals surface area contributed by atoms with Gasteiger partial charge in [0.05, 0.1) is 10.5 Å². The van der Waals surface area contributed by atoms with Crippen LogP contribution in [0.1, 0.15) is 11.1 Å². The first kappa shape index (κ1) is 17.7. The molecule has 6 nitrogen and oxygen atoms in total. The zero-order valence-electron chi connectivity index (χ0n) is 12.1. The second-order valence-corrected chi connectivity index (χ2v) is 6.28. The molecule has 0 bridgehead atoms. The van der Waals surface area contributed by atoms with Crippen molar-refractivity contribution in [2.45, 2.75) is 18.0 Å². The van der Waals surface area contributed by atoms with Gasteiger partial charge in [0.1, 0.15) is 4.90 Å². The van der Waals surface area contributed by atoms with Gasteiger partial charge in [0.25, 0.3) is 5.69 Å². The van der Waals surface area contributed by atoms with E-state index in [1.165, 1.54) is 13.0 Å². The summed E-state index contributed by atoms with van der Waals surface area (Å²) >= 11 is 0. The van der Waals surface area contributed by atoms with Crippen LogP contribution in [0.25, 0.3) is 0 Å². The van der Waals surface area contributed by atoms with Crippen molar-refractivity contribution in [2.75, 3.05) is 0 Å². The summed E-state index contributed by atoms with van der Waals surface area (Å²) in [5.74, 6) is -0.874. The fourth-order valence-corrected chi connectivity index (χ4v) is 2.96. The Hall–Kier alpha value is -2.62. The molecule has 0 fully saturated rings. The standard InChI is InChI=1S/C14H10F3NO5S/c1-9-8-10(6-7-12(9)18(19)20)24(21,22)23-13-5-3-2-4-11(13)14(15,16)17/h2-8H,1H3. The van der Waals surface area contributed by atoms with Crippen LogP contribution in [0.3, 0.4) is 0 Å². The first-order valence-electron chi connectivity index (χ1n) is 6.38. The van der Waals surface area contributed by atoms with E-state index in [1.54, 1.807) is 0 Å². The average Bonchev–Trinajstić information content (AvgIpc) is 2.45. The van der Waals surface area contributed by atoms with E-state index < -0.39 is 37.4 Å². The average molecular weight is 361 g/mol. The minimum Gasteiger partial charge on any atom is -0.378 e. The van der Waals surface area contributed by atoms with Crippen molar-refractivity contribution in [3.63, 3.8) is 0 Å². The third-order valence-electron chi connectivity index (χ3n) is 3.05. The number of alkyl halides is 3. The lowest BCUT2D eigenvalue weighted by molar-refractivity contribution is -0.385. The highest BCUT2D eigenvalue weighted by Gasteiger charge is 2.35. The molecule has 0 aliphatic heterocycles. The Morgan fingerprint density at radius 3 is 2.29 bits per heavy atom. The predicted molar refractivity (Wildman–Crippen MR) is 77.1 cm³/mol. The molecular formula is C14H10F3NO5S. The van der Waals surface area contributed by atoms with Crippen molar-refractivity contribution in [2.24, 2.45) is 0 Å². The van der Waals surface area contributed by atoms with Crippen LogP contribution in [0.2, 0.25) is 0 Å². The minimum atomic E-state index is -4.79. The number of benzene rings is 2. The molecule has 2 aromatic carbocycles. The molecule has 2 aromatic rings. The second kappa shape index (κ2) is 6.11. The summed E-state index contributed by atoms with van der Waals surface area (Å²) in [5, 5.41) is 10.7. The number of hydrogen-bond acceptors (Lipinski definition) is 5. The molecule has 0 aliphatic carbocycles. The van der Waals surface area contributed by atoms with Gasteiger partial charge in [0, 0.05) is 11.6 Å². The lowest BCUT2D eigenvalue weighted by Gasteiger charge is -2.13. The first-order valence-corrected chi connectivity index (χ1v) is 7.79. The number of rotatable bonds is 4. The molecule has 0 saturated carbocycles. The summed E-state index contributed by atoms with van der Waals surface area (Å²) in [7, 11) is -4.58. The van der Waals surface area contributed by atoms with Crippen molar-refractivity contribution in [3.8, 4) is 5.75 Å². The summed E-state index contributed by atoms with van der Waals surface area (Å²) in [6.45, 7) is 1.31. The van der Waals surface area contributed by atoms with Crippen molar-refractivity contribution in [1.82, 2.24) is 0 Å². The maximum atomic E-state index is 12.9. The molecule has 0 aliphatic rings. The Labute approximate surface area is 134 Å². The largest absolute Gasteiger partial charge is 0.420 e. The smallest absolute Gasteiger partial charge is 0.378 e. The Balaban J connectivity index is 2.44. The quantitative estimate of drug-likeness (QED) is 0.471. The van der Waals surface area contributed by atoms with Crippen LogP contribution in [0, 0.1) is 17.0 Å². The van der Waals surface area contributed by atoms with Crippen molar-refractivity contribution in [1.29, 1.82) is 0 Å². The SMILES string of the molecule is Cc1cc(S(=O)(=O)Oc2ccccc2C(F)(F)F)ccc1[N+](=O)[O-]. The molecule has 0 spiro atoms. The third-order valence-corrected chi connectivity index (χ3v) is 4.28. The predicted octanol–water partition coefficient (Wildman–Crippen LogP) is 3.69. The van der Waals surface area contributed by atoms with Gasteiger partial charge in [-0.3, -0.25) is 10.1 Å². The first-order chi connectivity index (χ1) is 11.0. The zero-order valence-corrected chi connectivity index (χ0v) is 12.9. The van der Waals surface area contributed by atoms with Gasteiger partial charge in [0.2, 0.25) is 0 Å². The number of hydrogen-bond donors (Lipinski definition) is 0. The molecule has 128 valence electrons. The maximum absolute atomic E-state index is 12.9. The van der Waals surface area contributed by atoms with Gasteiger partial charge in [0.15, 0.2) is 5.75 Å². The molecule has 2 rings (SSSR count). The molecule has 0 unspecified atom stereocenters. The van der Waals surface area contributed by atoms with Gasteiger partial charge in [-0.1, -0.05) is 12.1 Å². The topological polar surface area (TPSA) is 86.5 Å². The van der Waals surface area contributed by atoms with Gasteiger partial charge in [-0.2, -0.15) is 21.6 Å². The van der Waals surface area contributed by atoms with Crippen molar-refractivity contribution < 1.29 is 30.7 Å². The zero-order chi connectivity index (χ0) is 18.1. The van der Waals surface area contributed by atoms with Gasteiger partial charge in [-0.15, -0.1) is 0 Å². The molecular weight excluding hydrogens is 351 g/mol. The van der Waals surface area contributed by atoms with E-state index in [-0.39, 0.29) is 11.3 Å². The number of halogens is 3. The fraction of sp³-hybridized carbons (Fsp3) is 0.143. The van der Waals surface area contributed by atoms with Crippen molar-refractivity contribution in [3.05, 3.63) is 63.7 Å². The van der Waals surface area contributed by atoms with Crippen molar-refractivity contribution >= 4 is 15.8 Å². The monoisotopic (exact) mass is 361 g/mol. The van der Waals surface area contributed by atoms with Crippen LogP contribution in [0.15, 0.2) is 47.4 Å². The highest BCUT2D eigenvalue weighted by molar-refractivity contribution is 7.87. The fourth-order valence-electron chi connectivity index (χ4n) is 1.93. The Bertz CT molecular complexity index is 894. The lowest BCUT2D eigenvalue weighted by Crippen LogP contribution is -2.14. The van der Waals surface area contributed by atoms with Gasteiger partial charge < -0.3 is 4.18 Å². The van der Waals surface area contributed by atoms with Crippen LogP contribution >= 0.6 is 0 Å². The van der Waals surface area contributed by atoms with Crippen LogP contribution in [0.4, 0.5) is 18.9 Å². The van der Waals surface area contributed by atoms with E-state index in [2.05, 4.69) is 4.18 Å². The van der Waals surface area contributed by atoms with Gasteiger partial charge in [-0.05, 0) is 31.2 Å². The normalized spacial score (nSPS) is 12.0. The number of aryl methyl sites for hydroxylation is 1. The lowest BCUT2D eigenvalue weighted by atomic mass is 10.2. The number of para-hydroxylation sites is 1. The molecule has 0 heterocycles. The third kappa shape index (κ3) is 3.65. The van der Waals surface area contributed by atoms with E-state index in [1.807, 2.05) is 0 Å². The molecule has 0 N–H and O–H groups in total. The number of nitrogens with zero attached hydrogens (tertiary/aromatic N) is 1.